The zero-order chi connectivity index (χ0) is 15.0. The first-order chi connectivity index (χ1) is 9.52. The van der Waals surface area contributed by atoms with Crippen LogP contribution in [0, 0.1) is 0 Å². The summed E-state index contributed by atoms with van der Waals surface area (Å²) in [5.74, 6) is 1.79. The van der Waals surface area contributed by atoms with Gasteiger partial charge < -0.3 is 14.8 Å². The van der Waals surface area contributed by atoms with Crippen LogP contribution in [0.15, 0.2) is 18.2 Å². The Labute approximate surface area is 121 Å². The van der Waals surface area contributed by atoms with Crippen LogP contribution in [0.25, 0.3) is 0 Å². The van der Waals surface area contributed by atoms with Gasteiger partial charge in [0.15, 0.2) is 0 Å². The van der Waals surface area contributed by atoms with Gasteiger partial charge in [-0.05, 0) is 19.5 Å². The lowest BCUT2D eigenvalue weighted by Crippen LogP contribution is -2.13. The van der Waals surface area contributed by atoms with Crippen LogP contribution in [-0.4, -0.2) is 40.7 Å². The van der Waals surface area contributed by atoms with Crippen molar-refractivity contribution in [2.45, 2.75) is 19.9 Å². The highest BCUT2D eigenvalue weighted by molar-refractivity contribution is 7.91. The number of nitrogens with one attached hydrogen (secondary N) is 1. The highest BCUT2D eigenvalue weighted by Crippen LogP contribution is 2.25. The van der Waals surface area contributed by atoms with Crippen LogP contribution in [0.2, 0.25) is 0 Å². The second kappa shape index (κ2) is 8.11. The molecule has 0 atom stereocenters. The Kier molecular flexibility index (Phi) is 6.81. The van der Waals surface area contributed by atoms with Gasteiger partial charge in [-0.25, -0.2) is 8.42 Å². The molecule has 0 bridgehead atoms. The van der Waals surface area contributed by atoms with Crippen molar-refractivity contribution in [3.05, 3.63) is 23.8 Å². The molecule has 5 nitrogen and oxygen atoms in total. The van der Waals surface area contributed by atoms with Crippen LogP contribution in [0.1, 0.15) is 18.9 Å². The fourth-order valence-electron chi connectivity index (χ4n) is 1.74. The third kappa shape index (κ3) is 5.38. The Balaban J connectivity index is 2.61. The summed E-state index contributed by atoms with van der Waals surface area (Å²) >= 11 is 0. The van der Waals surface area contributed by atoms with E-state index in [0.717, 1.165) is 17.1 Å². The number of rotatable bonds is 9. The van der Waals surface area contributed by atoms with E-state index in [0.29, 0.717) is 19.6 Å². The lowest BCUT2D eigenvalue weighted by molar-refractivity contribution is 0.311. The molecule has 1 aromatic rings. The third-order valence-electron chi connectivity index (χ3n) is 2.94. The van der Waals surface area contributed by atoms with E-state index in [9.17, 15) is 8.42 Å². The number of ether oxygens (including phenoxy) is 2. The fourth-order valence-corrected chi connectivity index (χ4v) is 2.58. The molecule has 1 rings (SSSR count). The van der Waals surface area contributed by atoms with E-state index in [1.165, 1.54) is 0 Å². The van der Waals surface area contributed by atoms with Crippen molar-refractivity contribution >= 4 is 9.84 Å². The largest absolute Gasteiger partial charge is 0.497 e. The molecule has 0 aromatic heterocycles. The fraction of sp³-hybridized carbons (Fsp3) is 0.571. The smallest absolute Gasteiger partial charge is 0.150 e. The molecule has 20 heavy (non-hydrogen) atoms. The lowest BCUT2D eigenvalue weighted by atomic mass is 10.2. The molecule has 0 spiro atoms. The summed E-state index contributed by atoms with van der Waals surface area (Å²) in [5, 5.41) is 3.07. The van der Waals surface area contributed by atoms with Crippen molar-refractivity contribution in [1.29, 1.82) is 0 Å². The molecule has 0 unspecified atom stereocenters. The van der Waals surface area contributed by atoms with E-state index in [1.807, 2.05) is 25.2 Å². The van der Waals surface area contributed by atoms with Crippen molar-refractivity contribution in [2.24, 2.45) is 0 Å². The van der Waals surface area contributed by atoms with Gasteiger partial charge in [0.05, 0.1) is 19.5 Å². The molecule has 1 aromatic carbocycles. The summed E-state index contributed by atoms with van der Waals surface area (Å²) in [5.41, 5.74) is 1.02. The van der Waals surface area contributed by atoms with Gasteiger partial charge in [0.1, 0.15) is 21.3 Å². The molecule has 114 valence electrons. The maximum Gasteiger partial charge on any atom is 0.150 e. The average Bonchev–Trinajstić information content (AvgIpc) is 2.45. The molecule has 0 saturated carbocycles. The van der Waals surface area contributed by atoms with Gasteiger partial charge >= 0.3 is 0 Å². The van der Waals surface area contributed by atoms with Crippen molar-refractivity contribution < 1.29 is 17.9 Å². The molecule has 0 heterocycles. The summed E-state index contributed by atoms with van der Waals surface area (Å²) in [6.45, 7) is 2.72. The highest BCUT2D eigenvalue weighted by Gasteiger charge is 2.09. The molecule has 6 heteroatoms. The van der Waals surface area contributed by atoms with Crippen LogP contribution in [0.5, 0.6) is 11.5 Å². The normalized spacial score (nSPS) is 11.3. The van der Waals surface area contributed by atoms with Gasteiger partial charge in [-0.2, -0.15) is 0 Å². The second-order valence-electron chi connectivity index (χ2n) is 4.44. The minimum absolute atomic E-state index is 0.162. The molecule has 0 fully saturated rings. The Morgan fingerprint density at radius 2 is 2.05 bits per heavy atom. The van der Waals surface area contributed by atoms with E-state index in [1.54, 1.807) is 14.0 Å². The molecule has 0 radical (unpaired) electrons. The summed E-state index contributed by atoms with van der Waals surface area (Å²) in [6, 6.07) is 5.63. The molecular formula is C14H23NO4S. The van der Waals surface area contributed by atoms with Crippen LogP contribution < -0.4 is 14.8 Å². The first-order valence-electron chi connectivity index (χ1n) is 6.67. The number of methoxy groups -OCH3 is 1. The number of sulfone groups is 1. The maximum atomic E-state index is 11.4. The Morgan fingerprint density at radius 1 is 1.30 bits per heavy atom. The van der Waals surface area contributed by atoms with Crippen molar-refractivity contribution in [2.75, 3.05) is 32.3 Å². The van der Waals surface area contributed by atoms with Crippen molar-refractivity contribution in [1.82, 2.24) is 5.32 Å². The minimum Gasteiger partial charge on any atom is -0.497 e. The molecule has 0 aliphatic carbocycles. The zero-order valence-electron chi connectivity index (χ0n) is 12.3. The van der Waals surface area contributed by atoms with E-state index < -0.39 is 9.84 Å². The van der Waals surface area contributed by atoms with Gasteiger partial charge in [-0.15, -0.1) is 0 Å². The van der Waals surface area contributed by atoms with Crippen molar-refractivity contribution in [3.63, 3.8) is 0 Å². The summed E-state index contributed by atoms with van der Waals surface area (Å²) in [6.07, 6.45) is 0.492. The molecule has 0 aliphatic heterocycles. The maximum absolute atomic E-state index is 11.4. The number of benzene rings is 1. The van der Waals surface area contributed by atoms with Gasteiger partial charge in [0, 0.05) is 23.9 Å². The van der Waals surface area contributed by atoms with Gasteiger partial charge in [0.25, 0.3) is 0 Å². The van der Waals surface area contributed by atoms with E-state index >= 15 is 0 Å². The molecular weight excluding hydrogens is 278 g/mol. The van der Waals surface area contributed by atoms with Gasteiger partial charge in [-0.3, -0.25) is 0 Å². The van der Waals surface area contributed by atoms with E-state index in [-0.39, 0.29) is 11.5 Å². The number of hydrogen-bond donors (Lipinski definition) is 1. The summed E-state index contributed by atoms with van der Waals surface area (Å²) < 4.78 is 33.6. The van der Waals surface area contributed by atoms with Crippen LogP contribution in [0.3, 0.4) is 0 Å². The second-order valence-corrected chi connectivity index (χ2v) is 6.92. The standard InChI is InChI=1S/C14H23NO4S/c1-4-20(16,17)9-5-8-19-14-10-13(18-3)7-6-12(14)11-15-2/h6-7,10,15H,4-5,8-9,11H2,1-3H3. The molecule has 0 amide bonds. The molecule has 0 saturated heterocycles. The number of hydrogen-bond acceptors (Lipinski definition) is 5. The summed E-state index contributed by atoms with van der Waals surface area (Å²) in [7, 11) is 0.541. The van der Waals surface area contributed by atoms with Crippen molar-refractivity contribution in [3.8, 4) is 11.5 Å². The monoisotopic (exact) mass is 301 g/mol. The van der Waals surface area contributed by atoms with Crippen LogP contribution >= 0.6 is 0 Å². The predicted octanol–water partition coefficient (Wildman–Crippen LogP) is 1.62. The minimum atomic E-state index is -2.92. The van der Waals surface area contributed by atoms with Crippen LogP contribution in [-0.2, 0) is 16.4 Å². The predicted molar refractivity (Wildman–Crippen MR) is 80.2 cm³/mol. The first-order valence-corrected chi connectivity index (χ1v) is 8.49. The highest BCUT2D eigenvalue weighted by atomic mass is 32.2. The topological polar surface area (TPSA) is 64.6 Å². The third-order valence-corrected chi connectivity index (χ3v) is 4.73. The lowest BCUT2D eigenvalue weighted by Gasteiger charge is -2.13. The Morgan fingerprint density at radius 3 is 2.65 bits per heavy atom. The SMILES string of the molecule is CCS(=O)(=O)CCCOc1cc(OC)ccc1CNC. The zero-order valence-corrected chi connectivity index (χ0v) is 13.1. The quantitative estimate of drug-likeness (QED) is 0.702. The molecule has 0 aliphatic rings. The first kappa shape index (κ1) is 16.8. The van der Waals surface area contributed by atoms with Gasteiger partial charge in [0.2, 0.25) is 0 Å². The molecule has 1 N–H and O–H groups in total. The van der Waals surface area contributed by atoms with E-state index in [2.05, 4.69) is 5.32 Å². The van der Waals surface area contributed by atoms with E-state index in [4.69, 9.17) is 9.47 Å². The summed E-state index contributed by atoms with van der Waals surface area (Å²) in [4.78, 5) is 0. The Bertz CT molecular complexity index is 514. The Hall–Kier alpha value is -1.27. The average molecular weight is 301 g/mol. The van der Waals surface area contributed by atoms with Crippen LogP contribution in [0.4, 0.5) is 0 Å². The van der Waals surface area contributed by atoms with Gasteiger partial charge in [-0.1, -0.05) is 13.0 Å².